The molecule has 2 aliphatic rings. The Labute approximate surface area is 180 Å². The van der Waals surface area contributed by atoms with E-state index < -0.39 is 33.0 Å². The van der Waals surface area contributed by atoms with Crippen LogP contribution in [0.25, 0.3) is 0 Å². The third kappa shape index (κ3) is 3.69. The van der Waals surface area contributed by atoms with E-state index in [1.807, 2.05) is 66.7 Å². The number of benzene rings is 1. The molecule has 154 valence electrons. The molecule has 7 heteroatoms. The van der Waals surface area contributed by atoms with Gasteiger partial charge in [0.2, 0.25) is 0 Å². The van der Waals surface area contributed by atoms with Crippen molar-refractivity contribution in [2.24, 2.45) is 0 Å². The number of hydrogen-bond acceptors (Lipinski definition) is 4. The fourth-order valence-electron chi connectivity index (χ4n) is 3.85. The first-order valence-electron chi connectivity index (χ1n) is 9.55. The fraction of sp³-hybridized carbons (Fsp3) is 0.619. The number of amides is 2. The summed E-state index contributed by atoms with van der Waals surface area (Å²) in [6, 6.07) is 6.03. The minimum atomic E-state index is -0.633. The van der Waals surface area contributed by atoms with Crippen LogP contribution in [-0.4, -0.2) is 41.0 Å². The summed E-state index contributed by atoms with van der Waals surface area (Å²) in [5.74, 6) is 0. The lowest BCUT2D eigenvalue weighted by Gasteiger charge is -2.36. The molecule has 0 aromatic heterocycles. The van der Waals surface area contributed by atoms with Crippen LogP contribution in [-0.2, 0) is 12.9 Å². The molecule has 0 N–H and O–H groups in total. The van der Waals surface area contributed by atoms with Crippen LogP contribution >= 0.6 is 22.6 Å². The predicted octanol–water partition coefficient (Wildman–Crippen LogP) is 5.35. The summed E-state index contributed by atoms with van der Waals surface area (Å²) in [5.41, 5.74) is 1.65. The third-order valence-electron chi connectivity index (χ3n) is 4.81. The molecule has 6 nitrogen and oxygen atoms in total. The SMILES string of the molecule is Cc1cccc2c1N(C(=O)OC(C)(C)C)[C@H]1N(C(=O)OC(C)(C)C)CC[C@@]21I. The van der Waals surface area contributed by atoms with Gasteiger partial charge in [-0.1, -0.05) is 40.8 Å². The van der Waals surface area contributed by atoms with E-state index in [1.165, 1.54) is 0 Å². The van der Waals surface area contributed by atoms with Crippen molar-refractivity contribution < 1.29 is 19.1 Å². The fourth-order valence-corrected chi connectivity index (χ4v) is 5.14. The number of aryl methyl sites for hydroxylation is 1. The van der Waals surface area contributed by atoms with Gasteiger partial charge in [-0.15, -0.1) is 0 Å². The first kappa shape index (κ1) is 21.2. The van der Waals surface area contributed by atoms with E-state index in [4.69, 9.17) is 9.47 Å². The van der Waals surface area contributed by atoms with E-state index in [1.54, 1.807) is 9.80 Å². The van der Waals surface area contributed by atoms with Crippen molar-refractivity contribution in [3.8, 4) is 0 Å². The Bertz CT molecular complexity index is 812. The largest absolute Gasteiger partial charge is 0.444 e. The van der Waals surface area contributed by atoms with Crippen LogP contribution in [0.5, 0.6) is 0 Å². The number of ether oxygens (including phenoxy) is 2. The van der Waals surface area contributed by atoms with E-state index >= 15 is 0 Å². The highest BCUT2D eigenvalue weighted by Crippen LogP contribution is 2.57. The molecule has 2 aliphatic heterocycles. The van der Waals surface area contributed by atoms with Crippen LogP contribution in [0.3, 0.4) is 0 Å². The Morgan fingerprint density at radius 1 is 1.07 bits per heavy atom. The van der Waals surface area contributed by atoms with Crippen LogP contribution in [0.1, 0.15) is 59.1 Å². The molecule has 0 bridgehead atoms. The minimum absolute atomic E-state index is 0.396. The quantitative estimate of drug-likeness (QED) is 0.356. The summed E-state index contributed by atoms with van der Waals surface area (Å²) < 4.78 is 11.0. The van der Waals surface area contributed by atoms with Gasteiger partial charge in [0.25, 0.3) is 0 Å². The number of anilines is 1. The number of alkyl halides is 1. The zero-order valence-electron chi connectivity index (χ0n) is 17.6. The summed E-state index contributed by atoms with van der Waals surface area (Å²) in [6.07, 6.45) is -0.584. The summed E-state index contributed by atoms with van der Waals surface area (Å²) in [4.78, 5) is 29.5. The highest BCUT2D eigenvalue weighted by atomic mass is 127. The normalized spacial score (nSPS) is 24.1. The molecule has 0 aliphatic carbocycles. The van der Waals surface area contributed by atoms with Gasteiger partial charge >= 0.3 is 12.2 Å². The number of halogens is 1. The molecule has 1 aromatic rings. The van der Waals surface area contributed by atoms with E-state index in [2.05, 4.69) is 22.6 Å². The average molecular weight is 500 g/mol. The van der Waals surface area contributed by atoms with E-state index in [9.17, 15) is 9.59 Å². The molecule has 0 saturated carbocycles. The maximum absolute atomic E-state index is 13.2. The lowest BCUT2D eigenvalue weighted by molar-refractivity contribution is 0.0199. The van der Waals surface area contributed by atoms with Gasteiger partial charge in [-0.25, -0.2) is 9.59 Å². The Balaban J connectivity index is 2.07. The zero-order valence-corrected chi connectivity index (χ0v) is 19.8. The zero-order chi connectivity index (χ0) is 21.1. The Kier molecular flexibility index (Phi) is 5.13. The molecule has 1 saturated heterocycles. The molecule has 2 atom stereocenters. The molecule has 1 fully saturated rings. The Morgan fingerprint density at radius 3 is 2.21 bits per heavy atom. The van der Waals surface area contributed by atoms with Crippen molar-refractivity contribution in [1.29, 1.82) is 0 Å². The first-order chi connectivity index (χ1) is 12.7. The number of hydrogen-bond donors (Lipinski definition) is 0. The van der Waals surface area contributed by atoms with Crippen molar-refractivity contribution in [3.63, 3.8) is 0 Å². The lowest BCUT2D eigenvalue weighted by atomic mass is 9.97. The molecule has 0 radical (unpaired) electrons. The maximum atomic E-state index is 13.2. The second-order valence-electron chi connectivity index (χ2n) is 9.48. The van der Waals surface area contributed by atoms with Crippen molar-refractivity contribution in [2.45, 2.75) is 75.7 Å². The summed E-state index contributed by atoms with van der Waals surface area (Å²) in [5, 5.41) is 0. The minimum Gasteiger partial charge on any atom is -0.444 e. The van der Waals surface area contributed by atoms with Crippen molar-refractivity contribution in [1.82, 2.24) is 4.90 Å². The molecular formula is C21H29IN2O4. The standard InChI is InChI=1S/C21H29IN2O4/c1-13-9-8-10-14-15(13)24(18(26)28-20(5,6)7)16-21(14,22)11-12-23(16)17(25)27-19(2,3)4/h8-10,16H,11-12H2,1-7H3/t16-,21-/m1/s1. The summed E-state index contributed by atoms with van der Waals surface area (Å²) in [6.45, 7) is 13.6. The van der Waals surface area contributed by atoms with Crippen molar-refractivity contribution in [2.75, 3.05) is 11.4 Å². The highest BCUT2D eigenvalue weighted by Gasteiger charge is 2.60. The highest BCUT2D eigenvalue weighted by molar-refractivity contribution is 14.1. The van der Waals surface area contributed by atoms with Crippen LogP contribution in [0.15, 0.2) is 18.2 Å². The molecule has 3 rings (SSSR count). The number of para-hydroxylation sites is 1. The van der Waals surface area contributed by atoms with Crippen LogP contribution in [0.2, 0.25) is 0 Å². The topological polar surface area (TPSA) is 59.1 Å². The lowest BCUT2D eigenvalue weighted by Crippen LogP contribution is -2.54. The molecule has 0 spiro atoms. The van der Waals surface area contributed by atoms with Crippen LogP contribution in [0.4, 0.5) is 15.3 Å². The molecular weight excluding hydrogens is 471 g/mol. The van der Waals surface area contributed by atoms with Crippen molar-refractivity contribution >= 4 is 40.5 Å². The average Bonchev–Trinajstić information content (AvgIpc) is 2.96. The van der Waals surface area contributed by atoms with Crippen molar-refractivity contribution in [3.05, 3.63) is 29.3 Å². The van der Waals surface area contributed by atoms with E-state index in [0.717, 1.165) is 23.2 Å². The number of fused-ring (bicyclic) bond motifs is 3. The van der Waals surface area contributed by atoms with Gasteiger partial charge in [0.15, 0.2) is 0 Å². The molecule has 28 heavy (non-hydrogen) atoms. The van der Waals surface area contributed by atoms with Gasteiger partial charge in [-0.3, -0.25) is 9.80 Å². The van der Waals surface area contributed by atoms with Gasteiger partial charge in [0.1, 0.15) is 17.4 Å². The monoisotopic (exact) mass is 500 g/mol. The van der Waals surface area contributed by atoms with Gasteiger partial charge in [-0.2, -0.15) is 0 Å². The smallest absolute Gasteiger partial charge is 0.416 e. The van der Waals surface area contributed by atoms with Crippen LogP contribution < -0.4 is 4.90 Å². The molecule has 2 heterocycles. The Hall–Kier alpha value is -1.51. The van der Waals surface area contributed by atoms with E-state index in [0.29, 0.717) is 6.54 Å². The molecule has 1 aromatic carbocycles. The Morgan fingerprint density at radius 2 is 1.64 bits per heavy atom. The number of likely N-dealkylation sites (tertiary alicyclic amines) is 1. The number of rotatable bonds is 0. The summed E-state index contributed by atoms with van der Waals surface area (Å²) in [7, 11) is 0. The van der Waals surface area contributed by atoms with Gasteiger partial charge in [-0.05, 0) is 66.0 Å². The predicted molar refractivity (Wildman–Crippen MR) is 117 cm³/mol. The third-order valence-corrected chi connectivity index (χ3v) is 6.49. The summed E-state index contributed by atoms with van der Waals surface area (Å²) >= 11 is 2.40. The number of carbonyl (C=O) groups excluding carboxylic acids is 2. The van der Waals surface area contributed by atoms with Gasteiger partial charge < -0.3 is 9.47 Å². The second kappa shape index (κ2) is 6.78. The van der Waals surface area contributed by atoms with Crippen LogP contribution in [0, 0.1) is 6.92 Å². The number of nitrogens with zero attached hydrogens (tertiary/aromatic N) is 2. The number of carbonyl (C=O) groups is 2. The van der Waals surface area contributed by atoms with Gasteiger partial charge in [0.05, 0.1) is 9.11 Å². The van der Waals surface area contributed by atoms with E-state index in [-0.39, 0.29) is 0 Å². The molecule has 0 unspecified atom stereocenters. The van der Waals surface area contributed by atoms with Gasteiger partial charge in [0, 0.05) is 6.54 Å². The maximum Gasteiger partial charge on any atom is 0.416 e. The first-order valence-corrected chi connectivity index (χ1v) is 10.6. The second-order valence-corrected chi connectivity index (χ2v) is 11.4. The molecule has 2 amide bonds.